The van der Waals surface area contributed by atoms with E-state index >= 15 is 0 Å². The first kappa shape index (κ1) is 8.27. The van der Waals surface area contributed by atoms with Gasteiger partial charge in [0, 0.05) is 5.88 Å². The lowest BCUT2D eigenvalue weighted by Crippen LogP contribution is -2.09. The third kappa shape index (κ3) is 6.27. The molecule has 2 N–H and O–H groups in total. The summed E-state index contributed by atoms with van der Waals surface area (Å²) in [6.07, 6.45) is 2.09. The molecular formula is C4H10BClO2. The van der Waals surface area contributed by atoms with Crippen molar-refractivity contribution < 1.29 is 10.0 Å². The third-order valence-electron chi connectivity index (χ3n) is 0.846. The molecule has 0 rings (SSSR count). The zero-order valence-electron chi connectivity index (χ0n) is 4.68. The van der Waals surface area contributed by atoms with Crippen molar-refractivity contribution in [1.82, 2.24) is 0 Å². The molecule has 0 amide bonds. The van der Waals surface area contributed by atoms with Gasteiger partial charge in [-0.3, -0.25) is 0 Å². The smallest absolute Gasteiger partial charge is 0.427 e. The van der Waals surface area contributed by atoms with Crippen LogP contribution >= 0.6 is 11.6 Å². The average Bonchev–Trinajstić information content (AvgIpc) is 1.66. The highest BCUT2D eigenvalue weighted by molar-refractivity contribution is 6.40. The summed E-state index contributed by atoms with van der Waals surface area (Å²) in [7, 11) is -1.15. The van der Waals surface area contributed by atoms with Gasteiger partial charge in [0.2, 0.25) is 0 Å². The Balaban J connectivity index is 2.72. The van der Waals surface area contributed by atoms with Crippen LogP contribution in [0.25, 0.3) is 0 Å². The summed E-state index contributed by atoms with van der Waals surface area (Å²) in [6.45, 7) is 0. The summed E-state index contributed by atoms with van der Waals surface area (Å²) < 4.78 is 0. The molecule has 0 aromatic rings. The molecule has 0 spiro atoms. The normalized spacial score (nSPS) is 9.38. The first-order valence-corrected chi connectivity index (χ1v) is 3.23. The van der Waals surface area contributed by atoms with Gasteiger partial charge in [0.1, 0.15) is 0 Å². The van der Waals surface area contributed by atoms with Gasteiger partial charge < -0.3 is 10.0 Å². The maximum Gasteiger partial charge on any atom is 0.451 e. The fourth-order valence-electron chi connectivity index (χ4n) is 0.421. The van der Waals surface area contributed by atoms with Gasteiger partial charge in [-0.05, 0) is 12.7 Å². The number of alkyl halides is 1. The minimum Gasteiger partial charge on any atom is -0.427 e. The van der Waals surface area contributed by atoms with E-state index in [0.717, 1.165) is 12.8 Å². The second kappa shape index (κ2) is 5.41. The van der Waals surface area contributed by atoms with Crippen LogP contribution in [0.4, 0.5) is 0 Å². The number of hydrogen-bond donors (Lipinski definition) is 2. The highest BCUT2D eigenvalue weighted by Crippen LogP contribution is 1.98. The van der Waals surface area contributed by atoms with Gasteiger partial charge in [0.15, 0.2) is 0 Å². The molecule has 2 nitrogen and oxygen atoms in total. The minimum absolute atomic E-state index is 0.437. The van der Waals surface area contributed by atoms with Crippen molar-refractivity contribution in [2.75, 3.05) is 5.88 Å². The summed E-state index contributed by atoms with van der Waals surface area (Å²) in [5.41, 5.74) is 0. The van der Waals surface area contributed by atoms with Crippen LogP contribution < -0.4 is 0 Å². The summed E-state index contributed by atoms with van der Waals surface area (Å²) in [5, 5.41) is 16.6. The van der Waals surface area contributed by atoms with Crippen LogP contribution in [0.1, 0.15) is 12.8 Å². The van der Waals surface area contributed by atoms with Crippen molar-refractivity contribution in [1.29, 1.82) is 0 Å². The van der Waals surface area contributed by atoms with Gasteiger partial charge in [0.05, 0.1) is 0 Å². The SMILES string of the molecule is OB(O)CCCCCl. The molecule has 0 saturated heterocycles. The number of rotatable bonds is 4. The molecular weight excluding hydrogens is 126 g/mol. The predicted molar refractivity (Wildman–Crippen MR) is 35.0 cm³/mol. The Morgan fingerprint density at radius 2 is 1.88 bits per heavy atom. The summed E-state index contributed by atoms with van der Waals surface area (Å²) in [4.78, 5) is 0. The molecule has 0 aliphatic heterocycles. The van der Waals surface area contributed by atoms with E-state index in [2.05, 4.69) is 0 Å². The van der Waals surface area contributed by atoms with Crippen molar-refractivity contribution in [3.05, 3.63) is 0 Å². The lowest BCUT2D eigenvalue weighted by molar-refractivity contribution is 0.403. The van der Waals surface area contributed by atoms with Crippen molar-refractivity contribution in [2.45, 2.75) is 19.2 Å². The van der Waals surface area contributed by atoms with Crippen molar-refractivity contribution in [2.24, 2.45) is 0 Å². The Labute approximate surface area is 54.6 Å². The van der Waals surface area contributed by atoms with E-state index in [-0.39, 0.29) is 0 Å². The van der Waals surface area contributed by atoms with E-state index < -0.39 is 7.12 Å². The van der Waals surface area contributed by atoms with Crippen molar-refractivity contribution >= 4 is 18.7 Å². The van der Waals surface area contributed by atoms with Gasteiger partial charge in [-0.25, -0.2) is 0 Å². The van der Waals surface area contributed by atoms with Gasteiger partial charge in [-0.2, -0.15) is 0 Å². The quantitative estimate of drug-likeness (QED) is 0.335. The second-order valence-corrected chi connectivity index (χ2v) is 2.04. The van der Waals surface area contributed by atoms with E-state index in [1.54, 1.807) is 0 Å². The zero-order chi connectivity index (χ0) is 6.41. The molecule has 0 aromatic heterocycles. The van der Waals surface area contributed by atoms with Crippen LogP contribution in [-0.4, -0.2) is 23.0 Å². The predicted octanol–water partition coefficient (Wildman–Crippen LogP) is 0.478. The number of halogens is 1. The van der Waals surface area contributed by atoms with E-state index in [1.165, 1.54) is 0 Å². The largest absolute Gasteiger partial charge is 0.451 e. The van der Waals surface area contributed by atoms with Crippen LogP contribution in [0.2, 0.25) is 6.32 Å². The fraction of sp³-hybridized carbons (Fsp3) is 1.00. The summed E-state index contributed by atoms with van der Waals surface area (Å²) in [6, 6.07) is 0. The lowest BCUT2D eigenvalue weighted by Gasteiger charge is -1.93. The maximum atomic E-state index is 8.29. The highest BCUT2D eigenvalue weighted by Gasteiger charge is 2.03. The monoisotopic (exact) mass is 136 g/mol. The molecule has 0 aliphatic rings. The molecule has 4 heteroatoms. The van der Waals surface area contributed by atoms with Crippen LogP contribution in [0.15, 0.2) is 0 Å². The first-order chi connectivity index (χ1) is 3.77. The summed E-state index contributed by atoms with van der Waals surface area (Å²) >= 11 is 5.32. The third-order valence-corrected chi connectivity index (χ3v) is 1.11. The molecule has 0 bridgehead atoms. The minimum atomic E-state index is -1.15. The molecule has 0 atom stereocenters. The standard InChI is InChI=1S/C4H10BClO2/c6-4-2-1-3-5(7)8/h7-8H,1-4H2. The lowest BCUT2D eigenvalue weighted by atomic mass is 9.84. The number of unbranched alkanes of at least 4 members (excludes halogenated alkanes) is 1. The van der Waals surface area contributed by atoms with E-state index in [1.807, 2.05) is 0 Å². The molecule has 0 fully saturated rings. The molecule has 0 saturated carbocycles. The fourth-order valence-corrected chi connectivity index (χ4v) is 0.610. The van der Waals surface area contributed by atoms with Gasteiger partial charge >= 0.3 is 7.12 Å². The molecule has 0 unspecified atom stereocenters. The molecule has 0 aliphatic carbocycles. The Bertz CT molecular complexity index is 51.3. The highest BCUT2D eigenvalue weighted by atomic mass is 35.5. The Kier molecular flexibility index (Phi) is 5.60. The number of hydrogen-bond acceptors (Lipinski definition) is 2. The van der Waals surface area contributed by atoms with Gasteiger partial charge in [0.25, 0.3) is 0 Å². The average molecular weight is 136 g/mol. The Morgan fingerprint density at radius 3 is 2.25 bits per heavy atom. The van der Waals surface area contributed by atoms with E-state index in [9.17, 15) is 0 Å². The van der Waals surface area contributed by atoms with E-state index in [4.69, 9.17) is 21.6 Å². The van der Waals surface area contributed by atoms with Crippen LogP contribution in [0.3, 0.4) is 0 Å². The van der Waals surface area contributed by atoms with Gasteiger partial charge in [-0.15, -0.1) is 11.6 Å². The first-order valence-electron chi connectivity index (χ1n) is 2.69. The van der Waals surface area contributed by atoms with E-state index in [0.29, 0.717) is 12.2 Å². The molecule has 8 heavy (non-hydrogen) atoms. The topological polar surface area (TPSA) is 40.5 Å². The zero-order valence-corrected chi connectivity index (χ0v) is 5.43. The van der Waals surface area contributed by atoms with Gasteiger partial charge in [-0.1, -0.05) is 6.42 Å². The molecule has 0 aromatic carbocycles. The van der Waals surface area contributed by atoms with Crippen LogP contribution in [0, 0.1) is 0 Å². The second-order valence-electron chi connectivity index (χ2n) is 1.67. The van der Waals surface area contributed by atoms with Crippen LogP contribution in [0.5, 0.6) is 0 Å². The summed E-state index contributed by atoms with van der Waals surface area (Å²) in [5.74, 6) is 0.604. The molecule has 0 heterocycles. The van der Waals surface area contributed by atoms with Crippen molar-refractivity contribution in [3.8, 4) is 0 Å². The maximum absolute atomic E-state index is 8.29. The Hall–Kier alpha value is 0.275. The molecule has 0 radical (unpaired) electrons. The Morgan fingerprint density at radius 1 is 1.25 bits per heavy atom. The molecule has 48 valence electrons. The van der Waals surface area contributed by atoms with Crippen LogP contribution in [-0.2, 0) is 0 Å². The van der Waals surface area contributed by atoms with Crippen molar-refractivity contribution in [3.63, 3.8) is 0 Å².